The highest BCUT2D eigenvalue weighted by molar-refractivity contribution is 5.99. The molecule has 0 spiro atoms. The Morgan fingerprint density at radius 1 is 1.03 bits per heavy atom. The van der Waals surface area contributed by atoms with Crippen LogP contribution >= 0.6 is 0 Å². The number of esters is 1. The zero-order chi connectivity index (χ0) is 24.7. The maximum absolute atomic E-state index is 13.1. The molecule has 0 bridgehead atoms. The van der Waals surface area contributed by atoms with Crippen LogP contribution in [0.2, 0.25) is 0 Å². The van der Waals surface area contributed by atoms with Crippen molar-refractivity contribution in [2.75, 3.05) is 19.0 Å². The van der Waals surface area contributed by atoms with Crippen LogP contribution in [0.4, 0.5) is 11.4 Å². The summed E-state index contributed by atoms with van der Waals surface area (Å²) in [5.74, 6) is -0.703. The van der Waals surface area contributed by atoms with Crippen LogP contribution in [0.5, 0.6) is 11.5 Å². The molecule has 3 aromatic carbocycles. The van der Waals surface area contributed by atoms with E-state index in [1.807, 2.05) is 6.92 Å². The molecule has 3 rings (SSSR count). The first-order valence-corrected chi connectivity index (χ1v) is 10.5. The van der Waals surface area contributed by atoms with E-state index >= 15 is 0 Å². The first kappa shape index (κ1) is 24.2. The molecule has 0 aliphatic carbocycles. The summed E-state index contributed by atoms with van der Waals surface area (Å²) in [6, 6.07) is 17.3. The number of rotatable bonds is 9. The number of ether oxygens (including phenoxy) is 3. The lowest BCUT2D eigenvalue weighted by atomic mass is 10.1. The lowest BCUT2D eigenvalue weighted by Crippen LogP contribution is -2.26. The van der Waals surface area contributed by atoms with Gasteiger partial charge in [-0.25, -0.2) is 4.79 Å². The highest BCUT2D eigenvalue weighted by Crippen LogP contribution is 2.31. The minimum atomic E-state index is -1.35. The van der Waals surface area contributed by atoms with Crippen LogP contribution in [-0.2, 0) is 9.53 Å². The van der Waals surface area contributed by atoms with E-state index in [2.05, 4.69) is 5.32 Å². The second kappa shape index (κ2) is 11.0. The molecule has 0 saturated carbocycles. The molecule has 0 saturated heterocycles. The molecule has 0 fully saturated rings. The van der Waals surface area contributed by atoms with E-state index in [4.69, 9.17) is 14.2 Å². The van der Waals surface area contributed by atoms with Crippen LogP contribution in [0.1, 0.15) is 34.5 Å². The highest BCUT2D eigenvalue weighted by atomic mass is 16.6. The number of methoxy groups -OCH3 is 1. The van der Waals surface area contributed by atoms with Gasteiger partial charge in [0.2, 0.25) is 6.10 Å². The second-order valence-electron chi connectivity index (χ2n) is 7.26. The number of hydrogen-bond acceptors (Lipinski definition) is 7. The van der Waals surface area contributed by atoms with Crippen molar-refractivity contribution in [3.8, 4) is 11.5 Å². The van der Waals surface area contributed by atoms with Crippen LogP contribution in [-0.4, -0.2) is 30.5 Å². The van der Waals surface area contributed by atoms with Crippen molar-refractivity contribution in [1.82, 2.24) is 0 Å². The standard InChI is InChI=1S/C25H24N2O7/c1-4-33-21-13-11-18(15-22(21)32-3)25(29)34-23(17-8-6-5-7-9-17)24(28)26-19-12-10-16(2)14-20(19)27(30)31/h5-15,23H,4H2,1-3H3,(H,26,28). The summed E-state index contributed by atoms with van der Waals surface area (Å²) >= 11 is 0. The summed E-state index contributed by atoms with van der Waals surface area (Å²) in [6.45, 7) is 3.95. The Hall–Kier alpha value is -4.40. The number of carbonyl (C=O) groups is 2. The largest absolute Gasteiger partial charge is 0.493 e. The normalized spacial score (nSPS) is 11.3. The summed E-state index contributed by atoms with van der Waals surface area (Å²) in [5.41, 5.74) is 0.958. The Kier molecular flexibility index (Phi) is 7.81. The average molecular weight is 464 g/mol. The fraction of sp³-hybridized carbons (Fsp3) is 0.200. The molecular formula is C25H24N2O7. The molecule has 9 heteroatoms. The molecule has 1 atom stereocenters. The average Bonchev–Trinajstić information content (AvgIpc) is 2.84. The quantitative estimate of drug-likeness (QED) is 0.273. The van der Waals surface area contributed by atoms with Gasteiger partial charge in [0.05, 0.1) is 24.2 Å². The predicted octanol–water partition coefficient (Wildman–Crippen LogP) is 4.85. The van der Waals surface area contributed by atoms with Gasteiger partial charge in [-0.2, -0.15) is 0 Å². The lowest BCUT2D eigenvalue weighted by Gasteiger charge is -2.19. The van der Waals surface area contributed by atoms with Gasteiger partial charge in [-0.15, -0.1) is 0 Å². The van der Waals surface area contributed by atoms with Gasteiger partial charge in [0.1, 0.15) is 5.69 Å². The number of nitrogens with one attached hydrogen (secondary N) is 1. The Bertz CT molecular complexity index is 1200. The fourth-order valence-corrected chi connectivity index (χ4v) is 3.24. The second-order valence-corrected chi connectivity index (χ2v) is 7.26. The number of hydrogen-bond donors (Lipinski definition) is 1. The van der Waals surface area contributed by atoms with E-state index in [1.165, 1.54) is 31.4 Å². The molecule has 0 aliphatic rings. The molecule has 1 N–H and O–H groups in total. The predicted molar refractivity (Wildman–Crippen MR) is 125 cm³/mol. The smallest absolute Gasteiger partial charge is 0.339 e. The van der Waals surface area contributed by atoms with Gasteiger partial charge in [-0.3, -0.25) is 14.9 Å². The number of nitro benzene ring substituents is 1. The number of benzene rings is 3. The topological polar surface area (TPSA) is 117 Å². The van der Waals surface area contributed by atoms with Crippen LogP contribution in [0.15, 0.2) is 66.7 Å². The molecule has 1 unspecified atom stereocenters. The molecular weight excluding hydrogens is 440 g/mol. The van der Waals surface area contributed by atoms with Crippen LogP contribution in [0.3, 0.4) is 0 Å². The minimum Gasteiger partial charge on any atom is -0.493 e. The van der Waals surface area contributed by atoms with E-state index in [9.17, 15) is 19.7 Å². The van der Waals surface area contributed by atoms with Gasteiger partial charge < -0.3 is 19.5 Å². The molecule has 3 aromatic rings. The van der Waals surface area contributed by atoms with Crippen molar-refractivity contribution in [3.63, 3.8) is 0 Å². The zero-order valence-corrected chi connectivity index (χ0v) is 18.9. The monoisotopic (exact) mass is 464 g/mol. The van der Waals surface area contributed by atoms with Gasteiger partial charge in [-0.05, 0) is 43.7 Å². The summed E-state index contributed by atoms with van der Waals surface area (Å²) < 4.78 is 16.3. The minimum absolute atomic E-state index is 0.000293. The van der Waals surface area contributed by atoms with Gasteiger partial charge in [-0.1, -0.05) is 36.4 Å². The molecule has 0 aromatic heterocycles. The van der Waals surface area contributed by atoms with Crippen molar-refractivity contribution in [2.45, 2.75) is 20.0 Å². The number of amides is 1. The third-order valence-corrected chi connectivity index (χ3v) is 4.87. The Morgan fingerprint density at radius 3 is 2.41 bits per heavy atom. The fourth-order valence-electron chi connectivity index (χ4n) is 3.24. The van der Waals surface area contributed by atoms with E-state index in [0.717, 1.165) is 0 Å². The molecule has 1 amide bonds. The van der Waals surface area contributed by atoms with Crippen LogP contribution in [0.25, 0.3) is 0 Å². The Morgan fingerprint density at radius 2 is 1.76 bits per heavy atom. The molecule has 9 nitrogen and oxygen atoms in total. The summed E-state index contributed by atoms with van der Waals surface area (Å²) in [5, 5.41) is 14.0. The van der Waals surface area contributed by atoms with Gasteiger partial charge in [0.15, 0.2) is 11.5 Å². The Labute approximate surface area is 196 Å². The summed E-state index contributed by atoms with van der Waals surface area (Å²) in [4.78, 5) is 36.9. The van der Waals surface area contributed by atoms with Gasteiger partial charge >= 0.3 is 5.97 Å². The number of aryl methyl sites for hydroxylation is 1. The number of carbonyl (C=O) groups excluding carboxylic acids is 2. The highest BCUT2D eigenvalue weighted by Gasteiger charge is 2.28. The van der Waals surface area contributed by atoms with E-state index in [-0.39, 0.29) is 16.9 Å². The molecule has 176 valence electrons. The maximum Gasteiger partial charge on any atom is 0.339 e. The van der Waals surface area contributed by atoms with Crippen molar-refractivity contribution >= 4 is 23.3 Å². The first-order valence-electron chi connectivity index (χ1n) is 10.5. The van der Waals surface area contributed by atoms with Crippen LogP contribution < -0.4 is 14.8 Å². The summed E-state index contributed by atoms with van der Waals surface area (Å²) in [6.07, 6.45) is -1.35. The van der Waals surface area contributed by atoms with Gasteiger partial charge in [0, 0.05) is 11.6 Å². The van der Waals surface area contributed by atoms with Crippen molar-refractivity contribution in [1.29, 1.82) is 0 Å². The lowest BCUT2D eigenvalue weighted by molar-refractivity contribution is -0.384. The van der Waals surface area contributed by atoms with Crippen molar-refractivity contribution in [3.05, 3.63) is 93.5 Å². The van der Waals surface area contributed by atoms with E-state index in [1.54, 1.807) is 49.4 Å². The first-order chi connectivity index (χ1) is 16.3. The molecule has 0 radical (unpaired) electrons. The zero-order valence-electron chi connectivity index (χ0n) is 18.9. The number of anilines is 1. The molecule has 0 heterocycles. The molecule has 34 heavy (non-hydrogen) atoms. The summed E-state index contributed by atoms with van der Waals surface area (Å²) in [7, 11) is 1.45. The number of nitro groups is 1. The van der Waals surface area contributed by atoms with E-state index < -0.39 is 22.9 Å². The molecule has 0 aliphatic heterocycles. The third kappa shape index (κ3) is 5.69. The Balaban J connectivity index is 1.90. The number of nitrogens with zero attached hydrogens (tertiary/aromatic N) is 1. The van der Waals surface area contributed by atoms with Crippen LogP contribution in [0, 0.1) is 17.0 Å². The van der Waals surface area contributed by atoms with Gasteiger partial charge in [0.25, 0.3) is 11.6 Å². The van der Waals surface area contributed by atoms with Crippen molar-refractivity contribution < 1.29 is 28.7 Å². The maximum atomic E-state index is 13.1. The van der Waals surface area contributed by atoms with E-state index in [0.29, 0.717) is 29.2 Å². The SMILES string of the molecule is CCOc1ccc(C(=O)OC(C(=O)Nc2ccc(C)cc2[N+](=O)[O-])c2ccccc2)cc1OC. The van der Waals surface area contributed by atoms with Crippen molar-refractivity contribution in [2.24, 2.45) is 0 Å². The third-order valence-electron chi connectivity index (χ3n) is 4.87.